The molecule has 1 aliphatic rings. The Morgan fingerprint density at radius 2 is 1.77 bits per heavy atom. The van der Waals surface area contributed by atoms with Crippen molar-refractivity contribution in [1.29, 1.82) is 0 Å². The maximum absolute atomic E-state index is 12.5. The first kappa shape index (κ1) is 17.8. The van der Waals surface area contributed by atoms with Gasteiger partial charge in [0.2, 0.25) is 0 Å². The minimum Gasteiger partial charge on any atom is -0.507 e. The summed E-state index contributed by atoms with van der Waals surface area (Å²) in [6.45, 7) is 0. The minimum absolute atomic E-state index is 0.0370. The fraction of sp³-hybridized carbons (Fsp3) is 0. The highest BCUT2D eigenvalue weighted by Gasteiger charge is 2.34. The van der Waals surface area contributed by atoms with Crippen LogP contribution in [-0.4, -0.2) is 32.5 Å². The van der Waals surface area contributed by atoms with Crippen molar-refractivity contribution in [2.24, 2.45) is 0 Å². The van der Waals surface area contributed by atoms with Crippen molar-refractivity contribution >= 4 is 52.5 Å². The van der Waals surface area contributed by atoms with Crippen LogP contribution in [0.2, 0.25) is 0 Å². The van der Waals surface area contributed by atoms with Crippen LogP contribution in [0.4, 0.5) is 0 Å². The predicted molar refractivity (Wildman–Crippen MR) is 102 cm³/mol. The van der Waals surface area contributed by atoms with Gasteiger partial charge in [-0.3, -0.25) is 19.8 Å². The van der Waals surface area contributed by atoms with Crippen LogP contribution in [0.15, 0.2) is 53.4 Å². The number of nitrogens with zero attached hydrogens (tertiary/aromatic N) is 1. The molecule has 0 saturated carbocycles. The fourth-order valence-electron chi connectivity index (χ4n) is 2.21. The SMILES string of the molecule is O=Cc1ccc(/C=C2/SC(=S)N(NC(=O)c3ccccc3O)C2=O)cc1. The molecule has 0 radical (unpaired) electrons. The van der Waals surface area contributed by atoms with E-state index < -0.39 is 11.8 Å². The van der Waals surface area contributed by atoms with Gasteiger partial charge < -0.3 is 5.11 Å². The Morgan fingerprint density at radius 1 is 1.12 bits per heavy atom. The van der Waals surface area contributed by atoms with Gasteiger partial charge >= 0.3 is 0 Å². The van der Waals surface area contributed by atoms with Gasteiger partial charge in [-0.1, -0.05) is 48.2 Å². The van der Waals surface area contributed by atoms with Crippen molar-refractivity contribution in [3.63, 3.8) is 0 Å². The van der Waals surface area contributed by atoms with Crippen molar-refractivity contribution in [3.05, 3.63) is 70.1 Å². The first-order valence-corrected chi connectivity index (χ1v) is 8.64. The van der Waals surface area contributed by atoms with E-state index in [0.717, 1.165) is 28.6 Å². The molecule has 2 amide bonds. The number of nitrogens with one attached hydrogen (secondary N) is 1. The van der Waals surface area contributed by atoms with Crippen LogP contribution in [-0.2, 0) is 4.79 Å². The Balaban J connectivity index is 1.78. The lowest BCUT2D eigenvalue weighted by atomic mass is 10.1. The second-order valence-electron chi connectivity index (χ2n) is 5.26. The number of phenolic OH excluding ortho intramolecular Hbond substituents is 1. The average Bonchev–Trinajstić information content (AvgIpc) is 2.90. The molecule has 26 heavy (non-hydrogen) atoms. The van der Waals surface area contributed by atoms with Gasteiger partial charge in [-0.2, -0.15) is 5.01 Å². The number of phenols is 1. The Bertz CT molecular complexity index is 938. The highest BCUT2D eigenvalue weighted by Crippen LogP contribution is 2.31. The van der Waals surface area contributed by atoms with E-state index in [2.05, 4.69) is 5.43 Å². The van der Waals surface area contributed by atoms with Crippen LogP contribution in [0, 0.1) is 0 Å². The van der Waals surface area contributed by atoms with Gasteiger partial charge in [-0.05, 0) is 36.0 Å². The van der Waals surface area contributed by atoms with E-state index >= 15 is 0 Å². The number of amides is 2. The summed E-state index contributed by atoms with van der Waals surface area (Å²) in [5, 5.41) is 10.7. The standard InChI is InChI=1S/C18H12N2O4S2/c21-10-12-7-5-11(6-8-12)9-15-17(24)20(18(25)26-15)19-16(23)13-3-1-2-4-14(13)22/h1-10,22H,(H,19,23)/b15-9+. The molecule has 0 aliphatic carbocycles. The smallest absolute Gasteiger partial charge is 0.285 e. The molecule has 2 aromatic rings. The molecule has 130 valence electrons. The summed E-state index contributed by atoms with van der Waals surface area (Å²) in [6, 6.07) is 12.7. The van der Waals surface area contributed by atoms with Crippen molar-refractivity contribution in [2.45, 2.75) is 0 Å². The van der Waals surface area contributed by atoms with Crippen molar-refractivity contribution in [2.75, 3.05) is 0 Å². The highest BCUT2D eigenvalue weighted by atomic mass is 32.2. The number of carbonyl (C=O) groups excluding carboxylic acids is 3. The van der Waals surface area contributed by atoms with Gasteiger partial charge in [0.25, 0.3) is 11.8 Å². The van der Waals surface area contributed by atoms with E-state index in [0.29, 0.717) is 10.5 Å². The molecule has 6 nitrogen and oxygen atoms in total. The third-order valence-corrected chi connectivity index (χ3v) is 4.83. The Hall–Kier alpha value is -2.97. The molecule has 0 atom stereocenters. The molecule has 8 heteroatoms. The van der Waals surface area contributed by atoms with Gasteiger partial charge in [0.1, 0.15) is 12.0 Å². The zero-order chi connectivity index (χ0) is 18.7. The van der Waals surface area contributed by atoms with Gasteiger partial charge in [-0.15, -0.1) is 0 Å². The summed E-state index contributed by atoms with van der Waals surface area (Å²) in [6.07, 6.45) is 2.36. The number of thioether (sulfide) groups is 1. The number of thiocarbonyl (C=S) groups is 1. The van der Waals surface area contributed by atoms with Crippen molar-refractivity contribution in [3.8, 4) is 5.75 Å². The number of para-hydroxylation sites is 1. The molecule has 2 aromatic carbocycles. The minimum atomic E-state index is -0.643. The number of carbonyl (C=O) groups is 3. The van der Waals surface area contributed by atoms with Crippen LogP contribution >= 0.6 is 24.0 Å². The monoisotopic (exact) mass is 384 g/mol. The first-order valence-electron chi connectivity index (χ1n) is 7.42. The van der Waals surface area contributed by atoms with E-state index in [4.69, 9.17) is 12.2 Å². The Morgan fingerprint density at radius 3 is 2.42 bits per heavy atom. The third-order valence-electron chi connectivity index (χ3n) is 3.53. The molecular weight excluding hydrogens is 372 g/mol. The van der Waals surface area contributed by atoms with Crippen LogP contribution < -0.4 is 5.43 Å². The third kappa shape index (κ3) is 3.66. The molecule has 0 spiro atoms. The molecule has 1 heterocycles. The zero-order valence-electron chi connectivity index (χ0n) is 13.2. The van der Waals surface area contributed by atoms with Crippen LogP contribution in [0.1, 0.15) is 26.3 Å². The summed E-state index contributed by atoms with van der Waals surface area (Å²) in [4.78, 5) is 35.8. The molecule has 1 saturated heterocycles. The molecule has 1 aliphatic heterocycles. The lowest BCUT2D eigenvalue weighted by Crippen LogP contribution is -2.44. The molecular formula is C18H12N2O4S2. The quantitative estimate of drug-likeness (QED) is 0.479. The molecule has 3 rings (SSSR count). The topological polar surface area (TPSA) is 86.7 Å². The van der Waals surface area contributed by atoms with Crippen LogP contribution in [0.5, 0.6) is 5.75 Å². The molecule has 0 bridgehead atoms. The summed E-state index contributed by atoms with van der Waals surface area (Å²) >= 11 is 6.21. The lowest BCUT2D eigenvalue weighted by molar-refractivity contribution is -0.123. The maximum atomic E-state index is 12.5. The number of benzene rings is 2. The number of rotatable bonds is 4. The van der Waals surface area contributed by atoms with E-state index in [-0.39, 0.29) is 15.6 Å². The van der Waals surface area contributed by atoms with Crippen LogP contribution in [0.25, 0.3) is 6.08 Å². The molecule has 0 unspecified atom stereocenters. The van der Waals surface area contributed by atoms with Crippen LogP contribution in [0.3, 0.4) is 0 Å². The Labute approximate surface area is 158 Å². The van der Waals surface area contributed by atoms with Crippen molar-refractivity contribution < 1.29 is 19.5 Å². The summed E-state index contributed by atoms with van der Waals surface area (Å²) in [5.41, 5.74) is 3.70. The zero-order valence-corrected chi connectivity index (χ0v) is 14.8. The van der Waals surface area contributed by atoms with Gasteiger partial charge in [0.15, 0.2) is 4.32 Å². The fourth-order valence-corrected chi connectivity index (χ4v) is 3.39. The summed E-state index contributed by atoms with van der Waals surface area (Å²) in [7, 11) is 0. The maximum Gasteiger partial charge on any atom is 0.285 e. The average molecular weight is 384 g/mol. The molecule has 2 N–H and O–H groups in total. The number of hydrogen-bond acceptors (Lipinski definition) is 6. The number of hydrogen-bond donors (Lipinski definition) is 2. The first-order chi connectivity index (χ1) is 12.5. The van der Waals surface area contributed by atoms with Gasteiger partial charge in [-0.25, -0.2) is 0 Å². The van der Waals surface area contributed by atoms with Crippen molar-refractivity contribution in [1.82, 2.24) is 10.4 Å². The molecule has 1 fully saturated rings. The second kappa shape index (κ2) is 7.51. The van der Waals surface area contributed by atoms with E-state index in [1.54, 1.807) is 42.5 Å². The highest BCUT2D eigenvalue weighted by molar-refractivity contribution is 8.26. The predicted octanol–water partition coefficient (Wildman–Crippen LogP) is 2.75. The van der Waals surface area contributed by atoms with Gasteiger partial charge in [0.05, 0.1) is 10.5 Å². The van der Waals surface area contributed by atoms with E-state index in [9.17, 15) is 19.5 Å². The lowest BCUT2D eigenvalue weighted by Gasteiger charge is -2.16. The normalized spacial score (nSPS) is 15.4. The summed E-state index contributed by atoms with van der Waals surface area (Å²) in [5.74, 6) is -1.31. The number of aromatic hydroxyl groups is 1. The van der Waals surface area contributed by atoms with E-state index in [1.807, 2.05) is 0 Å². The largest absolute Gasteiger partial charge is 0.507 e. The number of aldehydes is 1. The summed E-state index contributed by atoms with van der Waals surface area (Å²) < 4.78 is 0.175. The Kier molecular flexibility index (Phi) is 5.15. The molecule has 0 aromatic heterocycles. The van der Waals surface area contributed by atoms with E-state index in [1.165, 1.54) is 12.1 Å². The van der Waals surface area contributed by atoms with Gasteiger partial charge in [0, 0.05) is 5.56 Å². The second-order valence-corrected chi connectivity index (χ2v) is 6.94. The number of hydrazine groups is 1.